The van der Waals surface area contributed by atoms with E-state index in [1.807, 2.05) is 15.2 Å². The van der Waals surface area contributed by atoms with Crippen LogP contribution < -0.4 is 0 Å². The molecule has 2 aromatic rings. The molecule has 2 aliphatic rings. The average molecular weight is 373 g/mol. The summed E-state index contributed by atoms with van der Waals surface area (Å²) in [7, 11) is 0. The minimum Gasteiger partial charge on any atom is -0.361 e. The molecule has 0 unspecified atom stereocenters. The van der Waals surface area contributed by atoms with Crippen LogP contribution in [0.5, 0.6) is 0 Å². The fraction of sp³-hybridized carbons (Fsp3) is 0.526. The van der Waals surface area contributed by atoms with E-state index < -0.39 is 0 Å². The highest BCUT2D eigenvalue weighted by Crippen LogP contribution is 2.57. The number of carbonyl (C=O) groups is 2. The molecule has 1 atom stereocenters. The van der Waals surface area contributed by atoms with Crippen molar-refractivity contribution in [2.75, 3.05) is 13.1 Å². The molecule has 2 aromatic heterocycles. The molecule has 7 heteroatoms. The van der Waals surface area contributed by atoms with E-state index in [4.69, 9.17) is 4.52 Å². The zero-order chi connectivity index (χ0) is 18.3. The number of nitrogens with zero attached hydrogens (tertiary/aromatic N) is 3. The third kappa shape index (κ3) is 3.16. The van der Waals surface area contributed by atoms with Gasteiger partial charge in [0.1, 0.15) is 5.76 Å². The third-order valence-electron chi connectivity index (χ3n) is 5.75. The molecular weight excluding hydrogens is 350 g/mol. The first-order valence-corrected chi connectivity index (χ1v) is 9.94. The van der Waals surface area contributed by atoms with Gasteiger partial charge >= 0.3 is 0 Å². The largest absolute Gasteiger partial charge is 0.361 e. The topological polar surface area (TPSA) is 66.7 Å². The van der Waals surface area contributed by atoms with Crippen molar-refractivity contribution in [3.63, 3.8) is 0 Å². The summed E-state index contributed by atoms with van der Waals surface area (Å²) in [5.41, 5.74) is 1.76. The Labute approximate surface area is 156 Å². The van der Waals surface area contributed by atoms with Gasteiger partial charge in [-0.1, -0.05) is 5.16 Å². The van der Waals surface area contributed by atoms with E-state index in [9.17, 15) is 9.59 Å². The summed E-state index contributed by atoms with van der Waals surface area (Å²) < 4.78 is 5.01. The van der Waals surface area contributed by atoms with E-state index in [0.29, 0.717) is 37.1 Å². The van der Waals surface area contributed by atoms with E-state index in [0.717, 1.165) is 19.3 Å². The predicted octanol–water partition coefficient (Wildman–Crippen LogP) is 3.09. The molecule has 0 bridgehead atoms. The Bertz CT molecular complexity index is 806. The second-order valence-corrected chi connectivity index (χ2v) is 8.26. The molecule has 1 aliphatic carbocycles. The van der Waals surface area contributed by atoms with Gasteiger partial charge in [-0.3, -0.25) is 9.59 Å². The van der Waals surface area contributed by atoms with E-state index in [1.165, 1.54) is 5.56 Å². The van der Waals surface area contributed by atoms with E-state index in [2.05, 4.69) is 16.6 Å². The fourth-order valence-electron chi connectivity index (χ4n) is 4.11. The number of rotatable bonds is 4. The molecule has 138 valence electrons. The van der Waals surface area contributed by atoms with Crippen molar-refractivity contribution < 1.29 is 14.1 Å². The van der Waals surface area contributed by atoms with Gasteiger partial charge in [0.15, 0.2) is 5.69 Å². The van der Waals surface area contributed by atoms with Crippen LogP contribution in [-0.4, -0.2) is 45.9 Å². The molecular formula is C19H23N3O3S. The van der Waals surface area contributed by atoms with Crippen LogP contribution >= 0.6 is 11.3 Å². The minimum absolute atomic E-state index is 0.0596. The number of thiophene rings is 1. The zero-order valence-electron chi connectivity index (χ0n) is 15.1. The molecule has 6 nitrogen and oxygen atoms in total. The van der Waals surface area contributed by atoms with Crippen LogP contribution in [0.2, 0.25) is 0 Å². The summed E-state index contributed by atoms with van der Waals surface area (Å²) in [5, 5.41) is 7.98. The molecule has 26 heavy (non-hydrogen) atoms. The SMILES string of the molecule is CC(=O)N(Cc1ccsc1)[C@H]1CC12CCN(C(=O)c1cc(C)on1)CC2. The molecule has 3 heterocycles. The van der Waals surface area contributed by atoms with Crippen molar-refractivity contribution in [2.24, 2.45) is 5.41 Å². The standard InChI is InChI=1S/C19H23N3O3S/c1-13-9-16(20-25-13)18(24)21-6-4-19(5-7-21)10-17(19)22(14(2)23)11-15-3-8-26-12-15/h3,8-9,12,17H,4-7,10-11H2,1-2H3/t17-/m0/s1. The van der Waals surface area contributed by atoms with Gasteiger partial charge in [0.05, 0.1) is 0 Å². The number of aromatic nitrogens is 1. The predicted molar refractivity (Wildman–Crippen MR) is 97.8 cm³/mol. The number of amides is 2. The molecule has 2 amide bonds. The molecule has 1 spiro atoms. The van der Waals surface area contributed by atoms with Gasteiger partial charge in [-0.25, -0.2) is 0 Å². The van der Waals surface area contributed by atoms with Gasteiger partial charge in [-0.05, 0) is 54.0 Å². The Balaban J connectivity index is 1.38. The van der Waals surface area contributed by atoms with E-state index in [-0.39, 0.29) is 17.2 Å². The number of hydrogen-bond acceptors (Lipinski definition) is 5. The van der Waals surface area contributed by atoms with Crippen molar-refractivity contribution in [1.29, 1.82) is 0 Å². The molecule has 1 saturated carbocycles. The normalized spacial score (nSPS) is 21.0. The quantitative estimate of drug-likeness (QED) is 0.826. The summed E-state index contributed by atoms with van der Waals surface area (Å²) in [4.78, 5) is 28.6. The van der Waals surface area contributed by atoms with Gasteiger partial charge in [0.25, 0.3) is 5.91 Å². The first-order valence-electron chi connectivity index (χ1n) is 8.99. The summed E-state index contributed by atoms with van der Waals surface area (Å²) >= 11 is 1.66. The maximum atomic E-state index is 12.5. The Morgan fingerprint density at radius 2 is 2.19 bits per heavy atom. The third-order valence-corrected chi connectivity index (χ3v) is 6.49. The Hall–Kier alpha value is -2.15. The molecule has 2 fully saturated rings. The molecule has 1 saturated heterocycles. The van der Waals surface area contributed by atoms with Gasteiger partial charge in [0.2, 0.25) is 5.91 Å². The lowest BCUT2D eigenvalue weighted by molar-refractivity contribution is -0.130. The Morgan fingerprint density at radius 3 is 2.77 bits per heavy atom. The molecule has 4 rings (SSSR count). The molecule has 0 radical (unpaired) electrons. The lowest BCUT2D eigenvalue weighted by Gasteiger charge is -2.34. The van der Waals surface area contributed by atoms with Gasteiger partial charge in [0, 0.05) is 38.7 Å². The van der Waals surface area contributed by atoms with Crippen LogP contribution in [0, 0.1) is 12.3 Å². The highest BCUT2D eigenvalue weighted by atomic mass is 32.1. The fourth-order valence-corrected chi connectivity index (χ4v) is 4.77. The summed E-state index contributed by atoms with van der Waals surface area (Å²) in [5.74, 6) is 0.722. The van der Waals surface area contributed by atoms with Crippen molar-refractivity contribution >= 4 is 23.2 Å². The second kappa shape index (κ2) is 6.54. The summed E-state index contributed by atoms with van der Waals surface area (Å²) in [6, 6.07) is 4.06. The first kappa shape index (κ1) is 17.3. The summed E-state index contributed by atoms with van der Waals surface area (Å²) in [6.07, 6.45) is 2.92. The van der Waals surface area contributed by atoms with Gasteiger partial charge in [-0.2, -0.15) is 11.3 Å². The molecule has 1 aliphatic heterocycles. The van der Waals surface area contributed by atoms with Crippen molar-refractivity contribution in [3.05, 3.63) is 39.9 Å². The van der Waals surface area contributed by atoms with E-state index >= 15 is 0 Å². The van der Waals surface area contributed by atoms with Crippen LogP contribution in [-0.2, 0) is 11.3 Å². The maximum Gasteiger partial charge on any atom is 0.276 e. The second-order valence-electron chi connectivity index (χ2n) is 7.48. The van der Waals surface area contributed by atoms with Crippen molar-refractivity contribution in [2.45, 2.75) is 45.7 Å². The Morgan fingerprint density at radius 1 is 1.42 bits per heavy atom. The van der Waals surface area contributed by atoms with Crippen molar-refractivity contribution in [3.8, 4) is 0 Å². The number of carbonyl (C=O) groups excluding carboxylic acids is 2. The molecule has 0 N–H and O–H groups in total. The van der Waals surface area contributed by atoms with E-state index in [1.54, 1.807) is 31.3 Å². The van der Waals surface area contributed by atoms with Gasteiger partial charge < -0.3 is 14.3 Å². The van der Waals surface area contributed by atoms with Crippen LogP contribution in [0.3, 0.4) is 0 Å². The molecule has 0 aromatic carbocycles. The number of likely N-dealkylation sites (tertiary alicyclic amines) is 1. The van der Waals surface area contributed by atoms with Crippen LogP contribution in [0.25, 0.3) is 0 Å². The summed E-state index contributed by atoms with van der Waals surface area (Å²) in [6.45, 7) is 5.56. The van der Waals surface area contributed by atoms with Crippen LogP contribution in [0.1, 0.15) is 48.0 Å². The lowest BCUT2D eigenvalue weighted by atomic mass is 9.92. The monoisotopic (exact) mass is 373 g/mol. The first-order chi connectivity index (χ1) is 12.5. The van der Waals surface area contributed by atoms with Crippen LogP contribution in [0.4, 0.5) is 0 Å². The average Bonchev–Trinajstić information content (AvgIpc) is 2.99. The highest BCUT2D eigenvalue weighted by Gasteiger charge is 2.58. The lowest BCUT2D eigenvalue weighted by Crippen LogP contribution is -2.42. The number of piperidine rings is 1. The van der Waals surface area contributed by atoms with Crippen LogP contribution in [0.15, 0.2) is 27.4 Å². The van der Waals surface area contributed by atoms with Crippen molar-refractivity contribution in [1.82, 2.24) is 15.0 Å². The Kier molecular flexibility index (Phi) is 4.34. The zero-order valence-corrected chi connectivity index (χ0v) is 15.9. The smallest absolute Gasteiger partial charge is 0.276 e. The van der Waals surface area contributed by atoms with Gasteiger partial charge in [-0.15, -0.1) is 0 Å². The highest BCUT2D eigenvalue weighted by molar-refractivity contribution is 7.07. The number of hydrogen-bond donors (Lipinski definition) is 0. The minimum atomic E-state index is -0.0596. The number of aryl methyl sites for hydroxylation is 1. The maximum absolute atomic E-state index is 12.5.